The van der Waals surface area contributed by atoms with Gasteiger partial charge in [-0.2, -0.15) is 0 Å². The Bertz CT molecular complexity index is 878. The number of benzene rings is 1. The van der Waals surface area contributed by atoms with Crippen LogP contribution in [0.15, 0.2) is 48.7 Å². The van der Waals surface area contributed by atoms with E-state index in [-0.39, 0.29) is 5.91 Å². The highest BCUT2D eigenvalue weighted by Crippen LogP contribution is 2.21. The van der Waals surface area contributed by atoms with Gasteiger partial charge >= 0.3 is 0 Å². The zero-order valence-electron chi connectivity index (χ0n) is 14.9. The average Bonchev–Trinajstić information content (AvgIpc) is 3.06. The Hall–Kier alpha value is -2.73. The van der Waals surface area contributed by atoms with Crippen molar-refractivity contribution in [2.75, 3.05) is 7.11 Å². The van der Waals surface area contributed by atoms with E-state index in [4.69, 9.17) is 4.74 Å². The van der Waals surface area contributed by atoms with Crippen molar-refractivity contribution < 1.29 is 9.53 Å². The van der Waals surface area contributed by atoms with Gasteiger partial charge in [-0.3, -0.25) is 9.78 Å². The molecule has 0 saturated heterocycles. The number of carbonyl (C=O) groups is 1. The standard InChI is InChI=1S/C20H21N3O2S/c1-14-19(20(24)22-13-15-7-3-4-9-17(15)25-2)26-18(23-14)11-10-16-8-5-6-12-21-16/h3-9,12H,10-11,13H2,1-2H3,(H,22,24). The molecule has 0 bridgehead atoms. The van der Waals surface area contributed by atoms with Crippen LogP contribution in [0.3, 0.4) is 0 Å². The first-order chi connectivity index (χ1) is 12.7. The number of aryl methyl sites for hydroxylation is 3. The molecule has 0 spiro atoms. The molecule has 5 nitrogen and oxygen atoms in total. The van der Waals surface area contributed by atoms with Crippen molar-refractivity contribution in [1.29, 1.82) is 0 Å². The van der Waals surface area contributed by atoms with Gasteiger partial charge in [0.2, 0.25) is 0 Å². The fourth-order valence-electron chi connectivity index (χ4n) is 2.66. The fourth-order valence-corrected chi connectivity index (χ4v) is 3.64. The number of carbonyl (C=O) groups excluding carboxylic acids is 1. The molecule has 0 atom stereocenters. The molecule has 2 aromatic heterocycles. The van der Waals surface area contributed by atoms with E-state index in [2.05, 4.69) is 15.3 Å². The number of hydrogen-bond donors (Lipinski definition) is 1. The summed E-state index contributed by atoms with van der Waals surface area (Å²) in [6.07, 6.45) is 3.39. The molecule has 0 saturated carbocycles. The number of hydrogen-bond acceptors (Lipinski definition) is 5. The maximum absolute atomic E-state index is 12.5. The van der Waals surface area contributed by atoms with Gasteiger partial charge in [0.15, 0.2) is 0 Å². The molecular formula is C20H21N3O2S. The van der Waals surface area contributed by atoms with Crippen LogP contribution in [0, 0.1) is 6.92 Å². The second-order valence-electron chi connectivity index (χ2n) is 5.84. The van der Waals surface area contributed by atoms with E-state index in [1.165, 1.54) is 11.3 Å². The summed E-state index contributed by atoms with van der Waals surface area (Å²) >= 11 is 1.45. The van der Waals surface area contributed by atoms with E-state index in [9.17, 15) is 4.79 Å². The van der Waals surface area contributed by atoms with Gasteiger partial charge in [-0.1, -0.05) is 24.3 Å². The summed E-state index contributed by atoms with van der Waals surface area (Å²) in [4.78, 5) is 22.1. The highest BCUT2D eigenvalue weighted by atomic mass is 32.1. The molecule has 0 aliphatic carbocycles. The van der Waals surface area contributed by atoms with Crippen LogP contribution >= 0.6 is 11.3 Å². The molecule has 0 fully saturated rings. The predicted octanol–water partition coefficient (Wildman–Crippen LogP) is 3.57. The number of ether oxygens (including phenoxy) is 1. The number of aromatic nitrogens is 2. The van der Waals surface area contributed by atoms with Crippen molar-refractivity contribution in [3.8, 4) is 5.75 Å². The Labute approximate surface area is 157 Å². The number of nitrogens with one attached hydrogen (secondary N) is 1. The summed E-state index contributed by atoms with van der Waals surface area (Å²) in [6, 6.07) is 13.5. The van der Waals surface area contributed by atoms with Crippen LogP contribution in [0.5, 0.6) is 5.75 Å². The SMILES string of the molecule is COc1ccccc1CNC(=O)c1sc(CCc2ccccn2)nc1C. The smallest absolute Gasteiger partial charge is 0.263 e. The summed E-state index contributed by atoms with van der Waals surface area (Å²) in [5.41, 5.74) is 2.74. The van der Waals surface area contributed by atoms with Crippen LogP contribution in [-0.4, -0.2) is 23.0 Å². The number of thiazole rings is 1. The first-order valence-electron chi connectivity index (χ1n) is 8.43. The van der Waals surface area contributed by atoms with Crippen LogP contribution in [0.1, 0.15) is 31.6 Å². The Balaban J connectivity index is 1.62. The topological polar surface area (TPSA) is 64.1 Å². The van der Waals surface area contributed by atoms with E-state index in [1.54, 1.807) is 13.3 Å². The van der Waals surface area contributed by atoms with Crippen LogP contribution in [0.25, 0.3) is 0 Å². The van der Waals surface area contributed by atoms with Crippen molar-refractivity contribution in [1.82, 2.24) is 15.3 Å². The highest BCUT2D eigenvalue weighted by molar-refractivity contribution is 7.13. The minimum absolute atomic E-state index is 0.102. The Morgan fingerprint density at radius 2 is 1.96 bits per heavy atom. The van der Waals surface area contributed by atoms with Gasteiger partial charge in [-0.25, -0.2) is 4.98 Å². The lowest BCUT2D eigenvalue weighted by molar-refractivity contribution is 0.0954. The van der Waals surface area contributed by atoms with Crippen LogP contribution in [-0.2, 0) is 19.4 Å². The molecule has 0 radical (unpaired) electrons. The first kappa shape index (κ1) is 18.1. The predicted molar refractivity (Wildman–Crippen MR) is 103 cm³/mol. The zero-order chi connectivity index (χ0) is 18.4. The number of amides is 1. The lowest BCUT2D eigenvalue weighted by atomic mass is 10.2. The molecule has 1 aromatic carbocycles. The zero-order valence-corrected chi connectivity index (χ0v) is 15.7. The normalized spacial score (nSPS) is 10.5. The van der Waals surface area contributed by atoms with E-state index < -0.39 is 0 Å². The maximum Gasteiger partial charge on any atom is 0.263 e. The third-order valence-corrected chi connectivity index (χ3v) is 5.22. The van der Waals surface area contributed by atoms with Gasteiger partial charge in [0.1, 0.15) is 10.6 Å². The molecule has 6 heteroatoms. The molecular weight excluding hydrogens is 346 g/mol. The fraction of sp³-hybridized carbons (Fsp3) is 0.250. The number of para-hydroxylation sites is 1. The van der Waals surface area contributed by atoms with E-state index in [0.29, 0.717) is 11.4 Å². The number of rotatable bonds is 7. The lowest BCUT2D eigenvalue weighted by Gasteiger charge is -2.09. The van der Waals surface area contributed by atoms with Crippen LogP contribution < -0.4 is 10.1 Å². The van der Waals surface area contributed by atoms with Crippen molar-refractivity contribution in [2.45, 2.75) is 26.3 Å². The monoisotopic (exact) mass is 367 g/mol. The first-order valence-corrected chi connectivity index (χ1v) is 9.25. The van der Waals surface area contributed by atoms with Gasteiger partial charge in [0.05, 0.1) is 17.8 Å². The van der Waals surface area contributed by atoms with Crippen molar-refractivity contribution in [3.05, 3.63) is 75.5 Å². The molecule has 0 aliphatic rings. The van der Waals surface area contributed by atoms with Gasteiger partial charge < -0.3 is 10.1 Å². The summed E-state index contributed by atoms with van der Waals surface area (Å²) in [5, 5.41) is 3.91. The molecule has 0 unspecified atom stereocenters. The average molecular weight is 367 g/mol. The minimum atomic E-state index is -0.102. The largest absolute Gasteiger partial charge is 0.496 e. The molecule has 2 heterocycles. The Kier molecular flexibility index (Phi) is 5.96. The summed E-state index contributed by atoms with van der Waals surface area (Å²) in [5.74, 6) is 0.667. The Morgan fingerprint density at radius 1 is 1.15 bits per heavy atom. The minimum Gasteiger partial charge on any atom is -0.496 e. The number of pyridine rings is 1. The molecule has 26 heavy (non-hydrogen) atoms. The number of methoxy groups -OCH3 is 1. The van der Waals surface area contributed by atoms with E-state index in [1.807, 2.05) is 49.4 Å². The van der Waals surface area contributed by atoms with E-state index in [0.717, 1.165) is 40.6 Å². The highest BCUT2D eigenvalue weighted by Gasteiger charge is 2.15. The summed E-state index contributed by atoms with van der Waals surface area (Å²) in [6.45, 7) is 2.29. The second kappa shape index (κ2) is 8.58. The molecule has 134 valence electrons. The molecule has 0 aliphatic heterocycles. The van der Waals surface area contributed by atoms with Gasteiger partial charge in [0.25, 0.3) is 5.91 Å². The van der Waals surface area contributed by atoms with Gasteiger partial charge in [-0.15, -0.1) is 11.3 Å². The lowest BCUT2D eigenvalue weighted by Crippen LogP contribution is -2.22. The maximum atomic E-state index is 12.5. The van der Waals surface area contributed by atoms with Gasteiger partial charge in [-0.05, 0) is 31.5 Å². The van der Waals surface area contributed by atoms with Crippen molar-refractivity contribution in [2.24, 2.45) is 0 Å². The Morgan fingerprint density at radius 3 is 2.73 bits per heavy atom. The molecule has 3 aromatic rings. The molecule has 3 rings (SSSR count). The van der Waals surface area contributed by atoms with Crippen molar-refractivity contribution >= 4 is 17.2 Å². The third-order valence-electron chi connectivity index (χ3n) is 4.00. The quantitative estimate of drug-likeness (QED) is 0.693. The van der Waals surface area contributed by atoms with Crippen molar-refractivity contribution in [3.63, 3.8) is 0 Å². The third kappa shape index (κ3) is 4.46. The molecule has 1 N–H and O–H groups in total. The van der Waals surface area contributed by atoms with Gasteiger partial charge in [0, 0.05) is 30.4 Å². The second-order valence-corrected chi connectivity index (χ2v) is 6.92. The molecule has 1 amide bonds. The van der Waals surface area contributed by atoms with Crippen LogP contribution in [0.4, 0.5) is 0 Å². The number of nitrogens with zero attached hydrogens (tertiary/aromatic N) is 2. The van der Waals surface area contributed by atoms with E-state index >= 15 is 0 Å². The summed E-state index contributed by atoms with van der Waals surface area (Å²) in [7, 11) is 1.63. The summed E-state index contributed by atoms with van der Waals surface area (Å²) < 4.78 is 5.32. The van der Waals surface area contributed by atoms with Crippen LogP contribution in [0.2, 0.25) is 0 Å².